The summed E-state index contributed by atoms with van der Waals surface area (Å²) in [5, 5.41) is 7.49. The SMILES string of the molecule is CCCC(=O)Oc1ccc(COP(=O)(OC[C@H]2O[C@@H](n3cc(C)c(=O)[nH]c3=O)C[C@@H]2N=[N+]=[N-])OC[C@H]2O[C@@H](n3cc(C)c(=O)[nH]c3=O)C[C@@H]2N=[N+]=[N-])cc1. The van der Waals surface area contributed by atoms with Crippen LogP contribution in [0.25, 0.3) is 20.9 Å². The number of nitrogens with one attached hydrogen (secondary N) is 2. The van der Waals surface area contributed by atoms with Gasteiger partial charge in [-0.3, -0.25) is 47.1 Å². The van der Waals surface area contributed by atoms with Gasteiger partial charge in [0.15, 0.2) is 0 Å². The van der Waals surface area contributed by atoms with Crippen LogP contribution in [0.3, 0.4) is 0 Å². The number of ether oxygens (including phenoxy) is 3. The fourth-order valence-electron chi connectivity index (χ4n) is 5.68. The molecule has 22 nitrogen and oxygen atoms in total. The molecule has 0 radical (unpaired) electrons. The van der Waals surface area contributed by atoms with Crippen LogP contribution >= 0.6 is 7.82 Å². The first-order valence-corrected chi connectivity index (χ1v) is 18.2. The highest BCUT2D eigenvalue weighted by Gasteiger charge is 2.42. The number of rotatable bonds is 16. The molecule has 0 bridgehead atoms. The Morgan fingerprint density at radius 3 is 1.78 bits per heavy atom. The number of carbonyl (C=O) groups is 1. The third kappa shape index (κ3) is 9.81. The molecule has 0 spiro atoms. The van der Waals surface area contributed by atoms with Crippen molar-refractivity contribution < 1.29 is 37.1 Å². The Hall–Kier alpha value is -5.30. The summed E-state index contributed by atoms with van der Waals surface area (Å²) in [6.07, 6.45) is -0.666. The summed E-state index contributed by atoms with van der Waals surface area (Å²) in [4.78, 5) is 70.9. The van der Waals surface area contributed by atoms with E-state index in [9.17, 15) is 39.6 Å². The quantitative estimate of drug-likeness (QED) is 0.0526. The minimum atomic E-state index is -4.60. The number of azide groups is 2. The largest absolute Gasteiger partial charge is 0.475 e. The van der Waals surface area contributed by atoms with E-state index in [1.807, 2.05) is 6.92 Å². The van der Waals surface area contributed by atoms with Gasteiger partial charge in [-0.15, -0.1) is 0 Å². The number of aryl methyl sites for hydroxylation is 2. The van der Waals surface area contributed by atoms with Gasteiger partial charge in [0.2, 0.25) is 0 Å². The lowest BCUT2D eigenvalue weighted by Gasteiger charge is -2.23. The summed E-state index contributed by atoms with van der Waals surface area (Å²) in [7, 11) is -4.60. The highest BCUT2D eigenvalue weighted by Crippen LogP contribution is 2.52. The van der Waals surface area contributed by atoms with E-state index in [1.165, 1.54) is 38.4 Å². The average molecular weight is 773 g/mol. The molecule has 0 unspecified atom stereocenters. The second kappa shape index (κ2) is 17.7. The van der Waals surface area contributed by atoms with Crippen molar-refractivity contribution in [1.82, 2.24) is 19.1 Å². The van der Waals surface area contributed by atoms with Crippen LogP contribution < -0.4 is 27.2 Å². The maximum Gasteiger partial charge on any atom is 0.475 e. The second-order valence-corrected chi connectivity index (χ2v) is 14.1. The molecule has 2 saturated heterocycles. The van der Waals surface area contributed by atoms with Crippen LogP contribution in [-0.2, 0) is 39.0 Å². The fourth-order valence-corrected chi connectivity index (χ4v) is 6.87. The van der Waals surface area contributed by atoms with E-state index in [-0.39, 0.29) is 42.7 Å². The molecule has 0 amide bonds. The molecule has 0 aliphatic carbocycles. The number of benzene rings is 1. The molecule has 288 valence electrons. The lowest BCUT2D eigenvalue weighted by molar-refractivity contribution is -0.134. The molecule has 2 N–H and O–H groups in total. The predicted octanol–water partition coefficient (Wildman–Crippen LogP) is 3.70. The number of hydrogen-bond donors (Lipinski definition) is 2. The number of carbonyl (C=O) groups excluding carboxylic acids is 1. The van der Waals surface area contributed by atoms with Crippen molar-refractivity contribution in [2.75, 3.05) is 13.2 Å². The first kappa shape index (κ1) is 39.9. The van der Waals surface area contributed by atoms with Crippen LogP contribution in [0.15, 0.2) is 66.1 Å². The molecule has 0 saturated carbocycles. The standard InChI is InChI=1S/C31H37N10O12P/c1-4-5-27(42)51-20-8-6-19(7-9-20)14-48-54(47,49-15-23-21(36-38-32)10-25(52-23)40-12-17(2)28(43)34-30(40)45)50-16-24-22(37-39-33)11-26(53-24)41-13-18(3)29(44)35-31(41)46/h6-9,12-13,21-26H,4-5,10-11,14-16H2,1-3H3,(H,34,43,45)(H,35,44,46)/t21-,22-,23+,24+,25+,26+/m0/s1. The zero-order valence-electron chi connectivity index (χ0n) is 29.3. The highest BCUT2D eigenvalue weighted by atomic mass is 31.2. The maximum absolute atomic E-state index is 14.2. The van der Waals surface area contributed by atoms with E-state index in [1.54, 1.807) is 12.1 Å². The molecular formula is C31H37N10O12P. The van der Waals surface area contributed by atoms with Crippen molar-refractivity contribution in [1.29, 1.82) is 0 Å². The minimum Gasteiger partial charge on any atom is -0.427 e. The van der Waals surface area contributed by atoms with E-state index in [0.29, 0.717) is 12.0 Å². The van der Waals surface area contributed by atoms with Crippen LogP contribution in [-0.4, -0.2) is 62.6 Å². The van der Waals surface area contributed by atoms with Gasteiger partial charge < -0.3 is 14.2 Å². The van der Waals surface area contributed by atoms with E-state index in [0.717, 1.165) is 9.13 Å². The Bertz CT molecular complexity index is 2110. The van der Waals surface area contributed by atoms with Crippen molar-refractivity contribution in [2.45, 2.75) is 89.8 Å². The fraction of sp³-hybridized carbons (Fsp3) is 0.516. The predicted molar refractivity (Wildman–Crippen MR) is 186 cm³/mol. The summed E-state index contributed by atoms with van der Waals surface area (Å²) < 4.78 is 50.9. The molecule has 2 fully saturated rings. The zero-order valence-corrected chi connectivity index (χ0v) is 30.2. The van der Waals surface area contributed by atoms with Gasteiger partial charge in [0.05, 0.1) is 44.1 Å². The summed E-state index contributed by atoms with van der Waals surface area (Å²) in [5.41, 5.74) is 16.7. The van der Waals surface area contributed by atoms with Gasteiger partial charge in [0, 0.05) is 52.6 Å². The molecule has 6 atom stereocenters. The van der Waals surface area contributed by atoms with Crippen molar-refractivity contribution in [2.24, 2.45) is 10.2 Å². The van der Waals surface area contributed by atoms with Gasteiger partial charge in [-0.1, -0.05) is 29.3 Å². The Labute approximate surface area is 304 Å². The normalized spacial score (nSPS) is 23.2. The third-order valence-electron chi connectivity index (χ3n) is 8.51. The molecule has 23 heteroatoms. The van der Waals surface area contributed by atoms with Gasteiger partial charge in [0.25, 0.3) is 11.1 Å². The number of aromatic nitrogens is 4. The molecule has 5 rings (SSSR count). The zero-order chi connectivity index (χ0) is 39.0. The van der Waals surface area contributed by atoms with Gasteiger partial charge in [0.1, 0.15) is 18.2 Å². The van der Waals surface area contributed by atoms with Crippen LogP contribution in [0.2, 0.25) is 0 Å². The van der Waals surface area contributed by atoms with Crippen molar-refractivity contribution in [3.05, 3.63) is 116 Å². The number of phosphoric acid groups is 1. The number of H-pyrrole nitrogens is 2. The second-order valence-electron chi connectivity index (χ2n) is 12.4. The van der Waals surface area contributed by atoms with Crippen LogP contribution in [0.5, 0.6) is 5.75 Å². The van der Waals surface area contributed by atoms with Crippen LogP contribution in [0.1, 0.15) is 61.8 Å². The molecule has 2 aromatic heterocycles. The summed E-state index contributed by atoms with van der Waals surface area (Å²) >= 11 is 0. The summed E-state index contributed by atoms with van der Waals surface area (Å²) in [6, 6.07) is 4.35. The first-order valence-electron chi connectivity index (χ1n) is 16.7. The minimum absolute atomic E-state index is 0.000582. The van der Waals surface area contributed by atoms with Gasteiger partial charge in [-0.2, -0.15) is 0 Å². The summed E-state index contributed by atoms with van der Waals surface area (Å²) in [5.74, 6) is -0.116. The topological polar surface area (TPSA) is 297 Å². The number of hydrogen-bond acceptors (Lipinski definition) is 14. The van der Waals surface area contributed by atoms with Crippen molar-refractivity contribution >= 4 is 13.8 Å². The Balaban J connectivity index is 1.35. The maximum atomic E-state index is 14.2. The average Bonchev–Trinajstić information content (AvgIpc) is 3.73. The van der Waals surface area contributed by atoms with Crippen molar-refractivity contribution in [3.8, 4) is 5.75 Å². The molecule has 54 heavy (non-hydrogen) atoms. The highest BCUT2D eigenvalue weighted by molar-refractivity contribution is 7.48. The first-order chi connectivity index (χ1) is 25.8. The Kier molecular flexibility index (Phi) is 13.1. The third-order valence-corrected chi connectivity index (χ3v) is 9.89. The Morgan fingerprint density at radius 2 is 1.33 bits per heavy atom. The number of nitrogens with zero attached hydrogens (tertiary/aromatic N) is 8. The molecule has 2 aliphatic heterocycles. The number of esters is 1. The van der Waals surface area contributed by atoms with E-state index >= 15 is 0 Å². The smallest absolute Gasteiger partial charge is 0.427 e. The lowest BCUT2D eigenvalue weighted by atomic mass is 10.1. The molecular weight excluding hydrogens is 735 g/mol. The van der Waals surface area contributed by atoms with Crippen molar-refractivity contribution in [3.63, 3.8) is 0 Å². The molecule has 3 aromatic rings. The number of phosphoric ester groups is 1. The Morgan fingerprint density at radius 1 is 0.852 bits per heavy atom. The molecule has 2 aliphatic rings. The monoisotopic (exact) mass is 772 g/mol. The van der Waals surface area contributed by atoms with Crippen LogP contribution in [0.4, 0.5) is 0 Å². The van der Waals surface area contributed by atoms with E-state index < -0.39 is 86.3 Å². The lowest BCUT2D eigenvalue weighted by Crippen LogP contribution is -2.33. The van der Waals surface area contributed by atoms with Gasteiger partial charge in [-0.25, -0.2) is 14.2 Å². The summed E-state index contributed by atoms with van der Waals surface area (Å²) in [6.45, 7) is 3.45. The van der Waals surface area contributed by atoms with E-state index in [2.05, 4.69) is 30.0 Å². The van der Waals surface area contributed by atoms with E-state index in [4.69, 9.17) is 27.8 Å². The van der Waals surface area contributed by atoms with Crippen LogP contribution in [0, 0.1) is 13.8 Å². The molecule has 4 heterocycles. The van der Waals surface area contributed by atoms with Gasteiger partial charge >= 0.3 is 25.2 Å². The number of aromatic amines is 2. The molecule has 1 aromatic carbocycles. The van der Waals surface area contributed by atoms with Gasteiger partial charge in [-0.05, 0) is 49.0 Å².